The number of benzene rings is 2. The molecule has 0 spiro atoms. The van der Waals surface area contributed by atoms with E-state index in [1.54, 1.807) is 12.1 Å². The molecule has 1 amide bonds. The average Bonchev–Trinajstić information content (AvgIpc) is 2.74. The topological polar surface area (TPSA) is 66.5 Å². The Balaban J connectivity index is 1.59. The van der Waals surface area contributed by atoms with Gasteiger partial charge in [0.05, 0.1) is 10.9 Å². The maximum Gasteiger partial charge on any atom is 0.243 e. The molecule has 6 heteroatoms. The number of nitrogens with zero attached hydrogens (tertiary/aromatic N) is 1. The average molecular weight is 429 g/mol. The summed E-state index contributed by atoms with van der Waals surface area (Å²) >= 11 is 0. The van der Waals surface area contributed by atoms with Crippen LogP contribution < -0.4 is 5.32 Å². The molecular formula is C24H32N2O3S. The Kier molecular flexibility index (Phi) is 6.98. The zero-order valence-electron chi connectivity index (χ0n) is 18.3. The fourth-order valence-electron chi connectivity index (χ4n) is 4.01. The minimum atomic E-state index is -3.52. The van der Waals surface area contributed by atoms with Gasteiger partial charge in [-0.2, -0.15) is 4.31 Å². The van der Waals surface area contributed by atoms with Crippen molar-refractivity contribution in [2.45, 2.75) is 57.4 Å². The van der Waals surface area contributed by atoms with Crippen LogP contribution in [0, 0.1) is 12.8 Å². The standard InChI is InChI=1S/C24H32N2O3S/c1-17(2)20-9-11-22(12-10-20)30(28,29)26-15-13-21(14-16-26)24(27)25-19(4)23-8-6-5-7-18(23)3/h5-12,17,19,21H,13-16H2,1-4H3,(H,25,27). The molecule has 1 aliphatic rings. The van der Waals surface area contributed by atoms with Gasteiger partial charge in [0.25, 0.3) is 0 Å². The summed E-state index contributed by atoms with van der Waals surface area (Å²) in [5.41, 5.74) is 3.37. The van der Waals surface area contributed by atoms with Crippen LogP contribution in [0.4, 0.5) is 0 Å². The number of carbonyl (C=O) groups is 1. The van der Waals surface area contributed by atoms with E-state index >= 15 is 0 Å². The molecule has 0 aliphatic carbocycles. The molecular weight excluding hydrogens is 396 g/mol. The van der Waals surface area contributed by atoms with E-state index in [4.69, 9.17) is 0 Å². The van der Waals surface area contributed by atoms with E-state index in [1.165, 1.54) is 4.31 Å². The predicted molar refractivity (Wildman–Crippen MR) is 120 cm³/mol. The molecule has 1 unspecified atom stereocenters. The van der Waals surface area contributed by atoms with Gasteiger partial charge in [0.15, 0.2) is 0 Å². The van der Waals surface area contributed by atoms with Crippen molar-refractivity contribution in [1.29, 1.82) is 0 Å². The summed E-state index contributed by atoms with van der Waals surface area (Å²) < 4.78 is 27.4. The minimum Gasteiger partial charge on any atom is -0.349 e. The second kappa shape index (κ2) is 9.31. The lowest BCUT2D eigenvalue weighted by atomic mass is 9.96. The third kappa shape index (κ3) is 4.93. The number of hydrogen-bond donors (Lipinski definition) is 1. The molecule has 1 N–H and O–H groups in total. The molecule has 2 aromatic carbocycles. The number of piperidine rings is 1. The highest BCUT2D eigenvalue weighted by Gasteiger charge is 2.32. The first kappa shape index (κ1) is 22.5. The van der Waals surface area contributed by atoms with Gasteiger partial charge >= 0.3 is 0 Å². The first-order valence-electron chi connectivity index (χ1n) is 10.7. The van der Waals surface area contributed by atoms with Crippen molar-refractivity contribution in [3.05, 3.63) is 65.2 Å². The molecule has 3 rings (SSSR count). The van der Waals surface area contributed by atoms with Crippen LogP contribution in [-0.2, 0) is 14.8 Å². The van der Waals surface area contributed by atoms with Gasteiger partial charge in [-0.25, -0.2) is 8.42 Å². The fraction of sp³-hybridized carbons (Fsp3) is 0.458. The monoisotopic (exact) mass is 428 g/mol. The number of hydrogen-bond acceptors (Lipinski definition) is 3. The smallest absolute Gasteiger partial charge is 0.243 e. The van der Waals surface area contributed by atoms with E-state index in [0.717, 1.165) is 16.7 Å². The molecule has 162 valence electrons. The zero-order valence-corrected chi connectivity index (χ0v) is 19.1. The van der Waals surface area contributed by atoms with Crippen molar-refractivity contribution in [1.82, 2.24) is 9.62 Å². The number of amides is 1. The third-order valence-electron chi connectivity index (χ3n) is 6.02. The van der Waals surface area contributed by atoms with Crippen molar-refractivity contribution in [3.63, 3.8) is 0 Å². The second-order valence-electron chi connectivity index (χ2n) is 8.49. The Labute approximate surface area is 180 Å². The van der Waals surface area contributed by atoms with E-state index < -0.39 is 10.0 Å². The largest absolute Gasteiger partial charge is 0.349 e. The van der Waals surface area contributed by atoms with Crippen LogP contribution in [0.15, 0.2) is 53.4 Å². The molecule has 5 nitrogen and oxygen atoms in total. The molecule has 1 atom stereocenters. The third-order valence-corrected chi connectivity index (χ3v) is 7.94. The van der Waals surface area contributed by atoms with E-state index in [0.29, 0.717) is 36.7 Å². The Bertz CT molecular complexity index is 976. The van der Waals surface area contributed by atoms with Crippen LogP contribution in [0.2, 0.25) is 0 Å². The van der Waals surface area contributed by atoms with E-state index in [2.05, 4.69) is 19.2 Å². The molecule has 0 radical (unpaired) electrons. The van der Waals surface area contributed by atoms with Gasteiger partial charge in [0.1, 0.15) is 0 Å². The fourth-order valence-corrected chi connectivity index (χ4v) is 5.48. The van der Waals surface area contributed by atoms with Crippen molar-refractivity contribution in [2.75, 3.05) is 13.1 Å². The molecule has 1 saturated heterocycles. The van der Waals surface area contributed by atoms with E-state index in [-0.39, 0.29) is 17.9 Å². The number of rotatable bonds is 6. The van der Waals surface area contributed by atoms with Gasteiger partial charge in [-0.1, -0.05) is 50.2 Å². The molecule has 1 fully saturated rings. The highest BCUT2D eigenvalue weighted by Crippen LogP contribution is 2.26. The molecule has 1 aliphatic heterocycles. The quantitative estimate of drug-likeness (QED) is 0.742. The highest BCUT2D eigenvalue weighted by atomic mass is 32.2. The van der Waals surface area contributed by atoms with Crippen LogP contribution in [0.25, 0.3) is 0 Å². The van der Waals surface area contributed by atoms with E-state index in [1.807, 2.05) is 50.2 Å². The summed E-state index contributed by atoms with van der Waals surface area (Å²) in [5, 5.41) is 3.10. The molecule has 30 heavy (non-hydrogen) atoms. The van der Waals surface area contributed by atoms with Crippen LogP contribution in [-0.4, -0.2) is 31.7 Å². The van der Waals surface area contributed by atoms with Crippen molar-refractivity contribution < 1.29 is 13.2 Å². The van der Waals surface area contributed by atoms with Gasteiger partial charge < -0.3 is 5.32 Å². The molecule has 0 saturated carbocycles. The summed E-state index contributed by atoms with van der Waals surface area (Å²) in [7, 11) is -3.52. The second-order valence-corrected chi connectivity index (χ2v) is 10.4. The van der Waals surface area contributed by atoms with Crippen LogP contribution >= 0.6 is 0 Å². The molecule has 0 aromatic heterocycles. The highest BCUT2D eigenvalue weighted by molar-refractivity contribution is 7.89. The number of nitrogens with one attached hydrogen (secondary N) is 1. The van der Waals surface area contributed by atoms with Gasteiger partial charge in [0.2, 0.25) is 15.9 Å². The Morgan fingerprint density at radius 3 is 2.17 bits per heavy atom. The van der Waals surface area contributed by atoms with E-state index in [9.17, 15) is 13.2 Å². The summed E-state index contributed by atoms with van der Waals surface area (Å²) in [6, 6.07) is 15.1. The summed E-state index contributed by atoms with van der Waals surface area (Å²) in [6.07, 6.45) is 1.07. The lowest BCUT2D eigenvalue weighted by Gasteiger charge is -2.31. The zero-order chi connectivity index (χ0) is 21.9. The first-order chi connectivity index (χ1) is 14.2. The van der Waals surface area contributed by atoms with Crippen LogP contribution in [0.1, 0.15) is 62.3 Å². The summed E-state index contributed by atoms with van der Waals surface area (Å²) in [5.74, 6) is 0.202. The van der Waals surface area contributed by atoms with Crippen LogP contribution in [0.5, 0.6) is 0 Å². The number of carbonyl (C=O) groups excluding carboxylic acids is 1. The maximum atomic E-state index is 13.0. The van der Waals surface area contributed by atoms with Gasteiger partial charge in [0, 0.05) is 19.0 Å². The molecule has 1 heterocycles. The van der Waals surface area contributed by atoms with Gasteiger partial charge in [-0.3, -0.25) is 4.79 Å². The van der Waals surface area contributed by atoms with Crippen LogP contribution in [0.3, 0.4) is 0 Å². The summed E-state index contributed by atoms with van der Waals surface area (Å²) in [6.45, 7) is 8.92. The maximum absolute atomic E-state index is 13.0. The lowest BCUT2D eigenvalue weighted by molar-refractivity contribution is -0.126. The van der Waals surface area contributed by atoms with Crippen molar-refractivity contribution >= 4 is 15.9 Å². The molecule has 2 aromatic rings. The first-order valence-corrected chi connectivity index (χ1v) is 12.1. The predicted octanol–water partition coefficient (Wildman–Crippen LogP) is 4.40. The Hall–Kier alpha value is -2.18. The minimum absolute atomic E-state index is 0.00378. The molecule has 0 bridgehead atoms. The summed E-state index contributed by atoms with van der Waals surface area (Å²) in [4.78, 5) is 13.1. The van der Waals surface area contributed by atoms with Crippen molar-refractivity contribution in [3.8, 4) is 0 Å². The lowest BCUT2D eigenvalue weighted by Crippen LogP contribution is -2.43. The normalized spacial score (nSPS) is 17.1. The number of sulfonamides is 1. The SMILES string of the molecule is Cc1ccccc1C(C)NC(=O)C1CCN(S(=O)(=O)c2ccc(C(C)C)cc2)CC1. The number of aryl methyl sites for hydroxylation is 1. The Morgan fingerprint density at radius 2 is 1.60 bits per heavy atom. The Morgan fingerprint density at radius 1 is 1.00 bits per heavy atom. The van der Waals surface area contributed by atoms with Gasteiger partial charge in [-0.05, 0) is 61.4 Å². The van der Waals surface area contributed by atoms with Crippen molar-refractivity contribution in [2.24, 2.45) is 5.92 Å². The van der Waals surface area contributed by atoms with Gasteiger partial charge in [-0.15, -0.1) is 0 Å².